The molecule has 23 heavy (non-hydrogen) atoms. The summed E-state index contributed by atoms with van der Waals surface area (Å²) in [6.07, 6.45) is 7.17. The van der Waals surface area contributed by atoms with Crippen molar-refractivity contribution in [1.29, 1.82) is 0 Å². The summed E-state index contributed by atoms with van der Waals surface area (Å²) in [7, 11) is 0. The van der Waals surface area contributed by atoms with E-state index >= 15 is 0 Å². The molecule has 0 aliphatic heterocycles. The third kappa shape index (κ3) is 3.54. The van der Waals surface area contributed by atoms with Crippen LogP contribution in [-0.2, 0) is 0 Å². The lowest BCUT2D eigenvalue weighted by Crippen LogP contribution is -2.14. The van der Waals surface area contributed by atoms with Gasteiger partial charge < -0.3 is 5.32 Å². The molecule has 0 aliphatic carbocycles. The number of hydrogen-bond acceptors (Lipinski definition) is 4. The SMILES string of the molecule is Cc1cncc(NC(c2cccnc2)c2ccc(C)c(C)c2)n1. The van der Waals surface area contributed by atoms with Gasteiger partial charge in [-0.15, -0.1) is 0 Å². The molecule has 0 amide bonds. The molecule has 1 atom stereocenters. The fraction of sp³-hybridized carbons (Fsp3) is 0.211. The van der Waals surface area contributed by atoms with E-state index < -0.39 is 0 Å². The third-order valence-electron chi connectivity index (χ3n) is 3.93. The molecule has 0 bridgehead atoms. The summed E-state index contributed by atoms with van der Waals surface area (Å²) >= 11 is 0. The fourth-order valence-electron chi connectivity index (χ4n) is 2.53. The van der Waals surface area contributed by atoms with Crippen molar-refractivity contribution in [3.63, 3.8) is 0 Å². The highest BCUT2D eigenvalue weighted by Gasteiger charge is 2.15. The number of aryl methyl sites for hydroxylation is 3. The molecule has 1 N–H and O–H groups in total. The van der Waals surface area contributed by atoms with E-state index in [1.54, 1.807) is 18.6 Å². The number of hydrogen-bond donors (Lipinski definition) is 1. The molecule has 4 nitrogen and oxygen atoms in total. The minimum atomic E-state index is -0.0147. The number of nitrogens with one attached hydrogen (secondary N) is 1. The molecule has 2 aromatic heterocycles. The quantitative estimate of drug-likeness (QED) is 0.791. The number of aromatic nitrogens is 3. The first-order valence-electron chi connectivity index (χ1n) is 7.66. The van der Waals surface area contributed by atoms with Crippen LogP contribution in [0.15, 0.2) is 55.1 Å². The van der Waals surface area contributed by atoms with Crippen LogP contribution in [-0.4, -0.2) is 15.0 Å². The largest absolute Gasteiger partial charge is 0.358 e. The highest BCUT2D eigenvalue weighted by molar-refractivity contribution is 5.44. The summed E-state index contributed by atoms with van der Waals surface area (Å²) in [6, 6.07) is 10.5. The molecule has 0 spiro atoms. The van der Waals surface area contributed by atoms with E-state index in [0.29, 0.717) is 0 Å². The van der Waals surface area contributed by atoms with Gasteiger partial charge in [0.1, 0.15) is 5.82 Å². The minimum Gasteiger partial charge on any atom is -0.358 e. The van der Waals surface area contributed by atoms with Crippen LogP contribution in [0.4, 0.5) is 5.82 Å². The fourth-order valence-corrected chi connectivity index (χ4v) is 2.53. The van der Waals surface area contributed by atoms with Gasteiger partial charge in [-0.1, -0.05) is 24.3 Å². The number of rotatable bonds is 4. The van der Waals surface area contributed by atoms with Crippen molar-refractivity contribution in [2.24, 2.45) is 0 Å². The summed E-state index contributed by atoms with van der Waals surface area (Å²) in [5, 5.41) is 3.49. The van der Waals surface area contributed by atoms with Crippen molar-refractivity contribution in [2.75, 3.05) is 5.32 Å². The summed E-state index contributed by atoms with van der Waals surface area (Å²) in [5.41, 5.74) is 5.73. The Hall–Kier alpha value is -2.75. The number of pyridine rings is 1. The predicted octanol–water partition coefficient (Wildman–Crippen LogP) is 4.00. The van der Waals surface area contributed by atoms with E-state index in [0.717, 1.165) is 17.1 Å². The van der Waals surface area contributed by atoms with Crippen LogP contribution in [0.2, 0.25) is 0 Å². The maximum atomic E-state index is 4.51. The maximum Gasteiger partial charge on any atom is 0.145 e. The Morgan fingerprint density at radius 3 is 2.43 bits per heavy atom. The van der Waals surface area contributed by atoms with Crippen LogP contribution in [0.3, 0.4) is 0 Å². The molecule has 0 fully saturated rings. The van der Waals surface area contributed by atoms with E-state index in [4.69, 9.17) is 0 Å². The second-order valence-corrected chi connectivity index (χ2v) is 5.75. The smallest absolute Gasteiger partial charge is 0.145 e. The highest BCUT2D eigenvalue weighted by Crippen LogP contribution is 2.26. The van der Waals surface area contributed by atoms with Gasteiger partial charge in [0.15, 0.2) is 0 Å². The van der Waals surface area contributed by atoms with E-state index in [1.807, 2.05) is 19.2 Å². The first-order chi connectivity index (χ1) is 11.1. The minimum absolute atomic E-state index is 0.0147. The summed E-state index contributed by atoms with van der Waals surface area (Å²) in [5.74, 6) is 0.761. The molecular weight excluding hydrogens is 284 g/mol. The van der Waals surface area contributed by atoms with Gasteiger partial charge in [0, 0.05) is 18.6 Å². The standard InChI is InChI=1S/C19H20N4/c1-13-6-7-16(9-14(13)2)19(17-5-4-8-20-11-17)23-18-12-21-10-15(3)22-18/h4-12,19H,1-3H3,(H,22,23). The van der Waals surface area contributed by atoms with Crippen LogP contribution < -0.4 is 5.32 Å². The lowest BCUT2D eigenvalue weighted by molar-refractivity contribution is 0.904. The lowest BCUT2D eigenvalue weighted by atomic mass is 9.96. The first-order valence-corrected chi connectivity index (χ1v) is 7.66. The van der Waals surface area contributed by atoms with Crippen molar-refractivity contribution in [3.05, 3.63) is 83.1 Å². The Morgan fingerprint density at radius 1 is 0.870 bits per heavy atom. The van der Waals surface area contributed by atoms with Gasteiger partial charge in [0.25, 0.3) is 0 Å². The topological polar surface area (TPSA) is 50.7 Å². The zero-order valence-corrected chi connectivity index (χ0v) is 13.6. The van der Waals surface area contributed by atoms with E-state index in [2.05, 4.69) is 58.4 Å². The first kappa shape index (κ1) is 15.2. The van der Waals surface area contributed by atoms with Crippen LogP contribution in [0.1, 0.15) is 34.0 Å². The van der Waals surface area contributed by atoms with Gasteiger partial charge in [0.05, 0.1) is 17.9 Å². The maximum absolute atomic E-state index is 4.51. The molecule has 0 saturated heterocycles. The van der Waals surface area contributed by atoms with Crippen LogP contribution in [0.25, 0.3) is 0 Å². The lowest BCUT2D eigenvalue weighted by Gasteiger charge is -2.21. The second-order valence-electron chi connectivity index (χ2n) is 5.75. The third-order valence-corrected chi connectivity index (χ3v) is 3.93. The highest BCUT2D eigenvalue weighted by atomic mass is 15.0. The molecule has 116 valence electrons. The Labute approximate surface area is 136 Å². The van der Waals surface area contributed by atoms with Gasteiger partial charge in [-0.3, -0.25) is 9.97 Å². The van der Waals surface area contributed by atoms with Crippen LogP contribution in [0.5, 0.6) is 0 Å². The Kier molecular flexibility index (Phi) is 4.33. The Balaban J connectivity index is 2.01. The molecule has 4 heteroatoms. The molecule has 0 saturated carbocycles. The van der Waals surface area contributed by atoms with Crippen molar-refractivity contribution < 1.29 is 0 Å². The number of nitrogens with zero attached hydrogens (tertiary/aromatic N) is 3. The van der Waals surface area contributed by atoms with Crippen molar-refractivity contribution in [3.8, 4) is 0 Å². The van der Waals surface area contributed by atoms with Gasteiger partial charge in [-0.25, -0.2) is 4.98 Å². The van der Waals surface area contributed by atoms with E-state index in [9.17, 15) is 0 Å². The van der Waals surface area contributed by atoms with Gasteiger partial charge in [-0.2, -0.15) is 0 Å². The Bertz CT molecular complexity index is 799. The van der Waals surface area contributed by atoms with Crippen molar-refractivity contribution in [2.45, 2.75) is 26.8 Å². The van der Waals surface area contributed by atoms with E-state index in [1.165, 1.54) is 16.7 Å². The predicted molar refractivity (Wildman–Crippen MR) is 92.4 cm³/mol. The molecule has 0 aliphatic rings. The van der Waals surface area contributed by atoms with E-state index in [-0.39, 0.29) is 6.04 Å². The molecule has 3 aromatic rings. The molecule has 1 aromatic carbocycles. The summed E-state index contributed by atoms with van der Waals surface area (Å²) in [4.78, 5) is 13.0. The monoisotopic (exact) mass is 304 g/mol. The normalized spacial score (nSPS) is 12.0. The van der Waals surface area contributed by atoms with Crippen molar-refractivity contribution >= 4 is 5.82 Å². The molecule has 2 heterocycles. The number of benzene rings is 1. The van der Waals surface area contributed by atoms with Gasteiger partial charge >= 0.3 is 0 Å². The van der Waals surface area contributed by atoms with Gasteiger partial charge in [-0.05, 0) is 49.1 Å². The summed E-state index contributed by atoms with van der Waals surface area (Å²) in [6.45, 7) is 6.19. The van der Waals surface area contributed by atoms with Crippen LogP contribution >= 0.6 is 0 Å². The average Bonchev–Trinajstić information content (AvgIpc) is 2.56. The second kappa shape index (κ2) is 6.57. The average molecular weight is 304 g/mol. The molecule has 0 radical (unpaired) electrons. The zero-order chi connectivity index (χ0) is 16.2. The van der Waals surface area contributed by atoms with Crippen molar-refractivity contribution in [1.82, 2.24) is 15.0 Å². The summed E-state index contributed by atoms with van der Waals surface area (Å²) < 4.78 is 0. The molecule has 3 rings (SSSR count). The zero-order valence-electron chi connectivity index (χ0n) is 13.6. The number of anilines is 1. The molecular formula is C19H20N4. The molecule has 1 unspecified atom stereocenters. The van der Waals surface area contributed by atoms with Gasteiger partial charge in [0.2, 0.25) is 0 Å². The van der Waals surface area contributed by atoms with Crippen LogP contribution in [0, 0.1) is 20.8 Å². The Morgan fingerprint density at radius 2 is 1.74 bits per heavy atom.